The fourth-order valence-electron chi connectivity index (χ4n) is 3.09. The molecule has 1 amide bonds. The number of ether oxygens (including phenoxy) is 1. The molecule has 2 aliphatic rings. The van der Waals surface area contributed by atoms with Crippen LogP contribution in [-0.2, 0) is 16.9 Å². The summed E-state index contributed by atoms with van der Waals surface area (Å²) in [5.41, 5.74) is -3.12. The van der Waals surface area contributed by atoms with Crippen molar-refractivity contribution < 1.29 is 22.7 Å². The van der Waals surface area contributed by atoms with E-state index in [9.17, 15) is 22.8 Å². The Bertz CT molecular complexity index is 1160. The molecule has 2 heterocycles. The number of nitrogens with zero attached hydrogens (tertiary/aromatic N) is 2. The van der Waals surface area contributed by atoms with E-state index in [1.807, 2.05) is 0 Å². The van der Waals surface area contributed by atoms with Gasteiger partial charge in [0.15, 0.2) is 0 Å². The molecule has 156 valence electrons. The first-order valence-corrected chi connectivity index (χ1v) is 9.42. The van der Waals surface area contributed by atoms with Crippen molar-refractivity contribution in [2.75, 3.05) is 5.32 Å². The highest BCUT2D eigenvalue weighted by Gasteiger charge is 2.62. The van der Waals surface area contributed by atoms with Gasteiger partial charge in [-0.15, -0.1) is 0 Å². The average molecular weight is 438 g/mol. The predicted molar refractivity (Wildman–Crippen MR) is 102 cm³/mol. The minimum Gasteiger partial charge on any atom is -0.415 e. The molecule has 1 saturated carbocycles. The summed E-state index contributed by atoms with van der Waals surface area (Å²) in [4.78, 5) is 28.1. The van der Waals surface area contributed by atoms with Gasteiger partial charge in [-0.1, -0.05) is 17.5 Å². The van der Waals surface area contributed by atoms with E-state index in [4.69, 9.17) is 16.3 Å². The topological polar surface area (TPSA) is 73.2 Å². The van der Waals surface area contributed by atoms with Crippen LogP contribution in [0.3, 0.4) is 0 Å². The van der Waals surface area contributed by atoms with Crippen molar-refractivity contribution in [3.05, 3.63) is 56.7 Å². The summed E-state index contributed by atoms with van der Waals surface area (Å²) in [5, 5.41) is 2.25. The van der Waals surface area contributed by atoms with Gasteiger partial charge in [-0.25, -0.2) is 9.78 Å². The summed E-state index contributed by atoms with van der Waals surface area (Å²) in [6.07, 6.45) is -3.52. The van der Waals surface area contributed by atoms with Crippen molar-refractivity contribution in [1.82, 2.24) is 9.55 Å². The number of nitrogens with one attached hydrogen (secondary N) is 1. The predicted octanol–water partition coefficient (Wildman–Crippen LogP) is 3.99. The van der Waals surface area contributed by atoms with Crippen molar-refractivity contribution >= 4 is 23.4 Å². The quantitative estimate of drug-likeness (QED) is 0.721. The summed E-state index contributed by atoms with van der Waals surface area (Å²) in [5.74, 6) is 4.56. The van der Waals surface area contributed by atoms with Crippen LogP contribution in [0.5, 0.6) is 0 Å². The van der Waals surface area contributed by atoms with Crippen LogP contribution in [0.25, 0.3) is 0 Å². The number of alkyl halides is 3. The molecule has 0 unspecified atom stereocenters. The maximum Gasteiger partial charge on any atom is 0.445 e. The number of rotatable bonds is 2. The van der Waals surface area contributed by atoms with E-state index in [0.717, 1.165) is 6.07 Å². The van der Waals surface area contributed by atoms with Gasteiger partial charge in [-0.05, 0) is 43.4 Å². The van der Waals surface area contributed by atoms with E-state index >= 15 is 0 Å². The first kappa shape index (κ1) is 20.3. The van der Waals surface area contributed by atoms with Crippen molar-refractivity contribution in [3.8, 4) is 11.8 Å². The lowest BCUT2D eigenvalue weighted by atomic mass is 9.89. The zero-order chi connectivity index (χ0) is 21.7. The van der Waals surface area contributed by atoms with Crippen molar-refractivity contribution in [2.24, 2.45) is 5.92 Å². The average Bonchev–Trinajstić information content (AvgIpc) is 3.46. The maximum absolute atomic E-state index is 14.1. The summed E-state index contributed by atoms with van der Waals surface area (Å²) in [7, 11) is 0. The Morgan fingerprint density at radius 2 is 2.07 bits per heavy atom. The lowest BCUT2D eigenvalue weighted by Gasteiger charge is -2.36. The molecular formula is C20H15ClF3N3O3. The summed E-state index contributed by atoms with van der Waals surface area (Å²) in [6.45, 7) is 1.62. The minimum absolute atomic E-state index is 0.0252. The van der Waals surface area contributed by atoms with E-state index in [-0.39, 0.29) is 28.7 Å². The molecule has 30 heavy (non-hydrogen) atoms. The number of benzene rings is 1. The third-order valence-electron chi connectivity index (χ3n) is 4.83. The van der Waals surface area contributed by atoms with Crippen LogP contribution in [0.4, 0.5) is 23.7 Å². The molecule has 1 aromatic heterocycles. The number of hydrogen-bond donors (Lipinski definition) is 1. The number of cyclic esters (lactones) is 1. The molecule has 1 aromatic carbocycles. The van der Waals surface area contributed by atoms with Crippen LogP contribution in [0, 0.1) is 24.7 Å². The highest BCUT2D eigenvalue weighted by Crippen LogP contribution is 2.48. The van der Waals surface area contributed by atoms with Crippen molar-refractivity contribution in [3.63, 3.8) is 0 Å². The van der Waals surface area contributed by atoms with Gasteiger partial charge < -0.3 is 4.74 Å². The molecule has 10 heteroatoms. The van der Waals surface area contributed by atoms with Crippen molar-refractivity contribution in [1.29, 1.82) is 0 Å². The smallest absolute Gasteiger partial charge is 0.415 e. The number of hydrogen-bond acceptors (Lipinski definition) is 4. The highest BCUT2D eigenvalue weighted by molar-refractivity contribution is 6.31. The fourth-order valence-corrected chi connectivity index (χ4v) is 3.31. The van der Waals surface area contributed by atoms with E-state index in [0.29, 0.717) is 24.1 Å². The number of fused-ring (bicyclic) bond motifs is 1. The Kier molecular flexibility index (Phi) is 4.77. The zero-order valence-corrected chi connectivity index (χ0v) is 16.4. The minimum atomic E-state index is -4.98. The van der Waals surface area contributed by atoms with Crippen molar-refractivity contribution in [2.45, 2.75) is 38.1 Å². The van der Waals surface area contributed by atoms with Gasteiger partial charge in [0.2, 0.25) is 0 Å². The third kappa shape index (κ3) is 3.63. The maximum atomic E-state index is 14.1. The standard InChI is InChI=1S/C20H15ClF3N3O3/c1-11-6-17(28)27(10-25-11)9-13-7-16-14(8-15(13)21)19(20(22,23)24,30-18(29)26-16)5-4-12-2-3-12/h6-8,10,12H,2-3,9H2,1H3,(H,26,29)/t19-/m0/s1. The number of anilines is 1. The Hall–Kier alpha value is -2.99. The molecule has 2 aromatic rings. The largest absolute Gasteiger partial charge is 0.445 e. The second-order valence-electron chi connectivity index (χ2n) is 7.22. The summed E-state index contributed by atoms with van der Waals surface area (Å²) < 4.78 is 48.2. The highest BCUT2D eigenvalue weighted by atomic mass is 35.5. The van der Waals surface area contributed by atoms with Crippen LogP contribution in [0.2, 0.25) is 5.02 Å². The third-order valence-corrected chi connectivity index (χ3v) is 5.19. The van der Waals surface area contributed by atoms with Gasteiger partial charge in [0.05, 0.1) is 18.6 Å². The van der Waals surface area contributed by atoms with E-state index in [1.165, 1.54) is 23.0 Å². The summed E-state index contributed by atoms with van der Waals surface area (Å²) >= 11 is 6.26. The molecule has 0 saturated heterocycles. The fraction of sp³-hybridized carbons (Fsp3) is 0.350. The number of halogens is 4. The number of amides is 1. The van der Waals surface area contributed by atoms with Gasteiger partial charge in [0, 0.05) is 28.3 Å². The monoisotopic (exact) mass is 437 g/mol. The number of aromatic nitrogens is 2. The molecule has 4 rings (SSSR count). The molecule has 0 bridgehead atoms. The SMILES string of the molecule is Cc1cc(=O)n(Cc2cc3c(cc2Cl)[C@@](C#CC2CC2)(C(F)(F)F)OC(=O)N3)cn1. The van der Waals surface area contributed by atoms with Crippen LogP contribution in [0.15, 0.2) is 29.3 Å². The van der Waals surface area contributed by atoms with E-state index in [2.05, 4.69) is 22.1 Å². The second kappa shape index (κ2) is 7.06. The van der Waals surface area contributed by atoms with Crippen LogP contribution >= 0.6 is 11.6 Å². The lowest BCUT2D eigenvalue weighted by Crippen LogP contribution is -2.49. The van der Waals surface area contributed by atoms with Crippen LogP contribution < -0.4 is 10.9 Å². The molecule has 1 fully saturated rings. The summed E-state index contributed by atoms with van der Waals surface area (Å²) in [6, 6.07) is 3.70. The van der Waals surface area contributed by atoms with Gasteiger partial charge >= 0.3 is 12.3 Å². The van der Waals surface area contributed by atoms with Crippen LogP contribution in [-0.4, -0.2) is 21.8 Å². The normalized spacial score (nSPS) is 20.5. The molecule has 6 nitrogen and oxygen atoms in total. The molecule has 0 spiro atoms. The molecular weight excluding hydrogens is 423 g/mol. The molecule has 1 atom stereocenters. The van der Waals surface area contributed by atoms with Gasteiger partial charge in [-0.3, -0.25) is 14.7 Å². The Morgan fingerprint density at radius 1 is 1.33 bits per heavy atom. The van der Waals surface area contributed by atoms with E-state index < -0.39 is 23.4 Å². The van der Waals surface area contributed by atoms with Gasteiger partial charge in [0.25, 0.3) is 11.2 Å². The zero-order valence-electron chi connectivity index (χ0n) is 15.6. The second-order valence-corrected chi connectivity index (χ2v) is 7.63. The van der Waals surface area contributed by atoms with E-state index in [1.54, 1.807) is 6.92 Å². The molecule has 1 aliphatic heterocycles. The molecule has 1 N–H and O–H groups in total. The molecule has 1 aliphatic carbocycles. The first-order valence-electron chi connectivity index (χ1n) is 9.04. The lowest BCUT2D eigenvalue weighted by molar-refractivity contribution is -0.239. The Morgan fingerprint density at radius 3 is 2.70 bits per heavy atom. The Balaban J connectivity index is 1.82. The number of carbonyl (C=O) groups excluding carboxylic acids is 1. The number of carbonyl (C=O) groups is 1. The number of aryl methyl sites for hydroxylation is 1. The molecule has 0 radical (unpaired) electrons. The van der Waals surface area contributed by atoms with Gasteiger partial charge in [0.1, 0.15) is 0 Å². The Labute approximate surface area is 174 Å². The van der Waals surface area contributed by atoms with Gasteiger partial charge in [-0.2, -0.15) is 13.2 Å². The first-order chi connectivity index (χ1) is 14.1. The van der Waals surface area contributed by atoms with Crippen LogP contribution in [0.1, 0.15) is 29.7 Å².